The van der Waals surface area contributed by atoms with Crippen molar-refractivity contribution in [3.63, 3.8) is 0 Å². The van der Waals surface area contributed by atoms with Crippen molar-refractivity contribution in [3.05, 3.63) is 0 Å². The summed E-state index contributed by atoms with van der Waals surface area (Å²) in [5.41, 5.74) is 1.07. The SMILES string of the molecule is C[C@H]1C[C@@H](N[C@H]2C[C@H](C)CC(C)(C)C2)CC(C)(C)C1. The van der Waals surface area contributed by atoms with E-state index in [4.69, 9.17) is 0 Å². The quantitative estimate of drug-likeness (QED) is 0.740. The van der Waals surface area contributed by atoms with Gasteiger partial charge in [-0.2, -0.15) is 0 Å². The molecule has 2 rings (SSSR count). The van der Waals surface area contributed by atoms with Crippen molar-refractivity contribution < 1.29 is 0 Å². The summed E-state index contributed by atoms with van der Waals surface area (Å²) in [4.78, 5) is 0. The van der Waals surface area contributed by atoms with Gasteiger partial charge in [0.2, 0.25) is 0 Å². The Labute approximate surface area is 120 Å². The molecule has 1 N–H and O–H groups in total. The van der Waals surface area contributed by atoms with E-state index in [1.165, 1.54) is 38.5 Å². The molecule has 2 aliphatic rings. The lowest BCUT2D eigenvalue weighted by atomic mass is 9.68. The molecule has 1 nitrogen and oxygen atoms in total. The summed E-state index contributed by atoms with van der Waals surface area (Å²) in [5.74, 6) is 1.77. The van der Waals surface area contributed by atoms with Gasteiger partial charge in [-0.3, -0.25) is 0 Å². The number of nitrogens with one attached hydrogen (secondary N) is 1. The Balaban J connectivity index is 1.93. The van der Waals surface area contributed by atoms with E-state index in [-0.39, 0.29) is 0 Å². The minimum absolute atomic E-state index is 0.533. The smallest absolute Gasteiger partial charge is 0.00772 e. The third-order valence-corrected chi connectivity index (χ3v) is 5.25. The van der Waals surface area contributed by atoms with E-state index in [0.717, 1.165) is 23.9 Å². The predicted molar refractivity (Wildman–Crippen MR) is 84.3 cm³/mol. The summed E-state index contributed by atoms with van der Waals surface area (Å²) in [6, 6.07) is 1.51. The topological polar surface area (TPSA) is 12.0 Å². The molecule has 2 aliphatic carbocycles. The minimum atomic E-state index is 0.533. The van der Waals surface area contributed by atoms with Crippen molar-refractivity contribution in [2.75, 3.05) is 0 Å². The van der Waals surface area contributed by atoms with Gasteiger partial charge in [0.1, 0.15) is 0 Å². The van der Waals surface area contributed by atoms with Crippen molar-refractivity contribution in [1.82, 2.24) is 5.32 Å². The lowest BCUT2D eigenvalue weighted by Gasteiger charge is -2.44. The molecular weight excluding hydrogens is 230 g/mol. The molecule has 4 atom stereocenters. The Bertz CT molecular complexity index is 275. The van der Waals surface area contributed by atoms with Gasteiger partial charge in [-0.25, -0.2) is 0 Å². The van der Waals surface area contributed by atoms with Crippen molar-refractivity contribution in [1.29, 1.82) is 0 Å². The third-order valence-electron chi connectivity index (χ3n) is 5.25. The molecule has 0 aromatic rings. The van der Waals surface area contributed by atoms with Crippen LogP contribution in [0.2, 0.25) is 0 Å². The lowest BCUT2D eigenvalue weighted by Crippen LogP contribution is -2.48. The van der Waals surface area contributed by atoms with Gasteiger partial charge in [-0.15, -0.1) is 0 Å². The molecular formula is C18H35N. The van der Waals surface area contributed by atoms with E-state index in [1.54, 1.807) is 0 Å². The Morgan fingerprint density at radius 3 is 1.37 bits per heavy atom. The van der Waals surface area contributed by atoms with Crippen LogP contribution in [0.15, 0.2) is 0 Å². The Kier molecular flexibility index (Phi) is 4.35. The Hall–Kier alpha value is -0.0400. The van der Waals surface area contributed by atoms with E-state index in [2.05, 4.69) is 46.9 Å². The normalized spacial score (nSPS) is 42.0. The second-order valence-electron chi connectivity index (χ2n) is 9.39. The molecule has 0 aliphatic heterocycles. The molecule has 112 valence electrons. The van der Waals surface area contributed by atoms with Crippen LogP contribution in [-0.4, -0.2) is 12.1 Å². The van der Waals surface area contributed by atoms with Gasteiger partial charge in [-0.1, -0.05) is 41.5 Å². The summed E-state index contributed by atoms with van der Waals surface area (Å²) in [6.45, 7) is 14.7. The first-order valence-electron chi connectivity index (χ1n) is 8.41. The number of hydrogen-bond acceptors (Lipinski definition) is 1. The molecule has 2 fully saturated rings. The van der Waals surface area contributed by atoms with Crippen LogP contribution in [0.1, 0.15) is 80.1 Å². The first-order chi connectivity index (χ1) is 8.65. The molecule has 1 heteroatoms. The van der Waals surface area contributed by atoms with Crippen LogP contribution in [-0.2, 0) is 0 Å². The van der Waals surface area contributed by atoms with Gasteiger partial charge in [0.15, 0.2) is 0 Å². The van der Waals surface area contributed by atoms with Crippen molar-refractivity contribution in [3.8, 4) is 0 Å². The van der Waals surface area contributed by atoms with Crippen LogP contribution in [0, 0.1) is 22.7 Å². The zero-order valence-corrected chi connectivity index (χ0v) is 14.1. The monoisotopic (exact) mass is 265 g/mol. The van der Waals surface area contributed by atoms with Crippen LogP contribution < -0.4 is 5.32 Å². The highest BCUT2D eigenvalue weighted by atomic mass is 15.0. The zero-order valence-electron chi connectivity index (χ0n) is 14.1. The standard InChI is InChI=1S/C18H35N/c1-13-7-15(11-17(3,4)9-13)19-16-8-14(2)10-18(5,6)12-16/h13-16,19H,7-12H2,1-6H3/t13-,14-,15-,16+/m0/s1. The van der Waals surface area contributed by atoms with Gasteiger partial charge in [-0.05, 0) is 61.2 Å². The molecule has 2 saturated carbocycles. The van der Waals surface area contributed by atoms with E-state index >= 15 is 0 Å². The summed E-state index contributed by atoms with van der Waals surface area (Å²) in [7, 11) is 0. The van der Waals surface area contributed by atoms with Gasteiger partial charge < -0.3 is 5.32 Å². The molecule has 0 radical (unpaired) electrons. The summed E-state index contributed by atoms with van der Waals surface area (Å²) in [5, 5.41) is 4.03. The van der Waals surface area contributed by atoms with Crippen molar-refractivity contribution >= 4 is 0 Å². The van der Waals surface area contributed by atoms with E-state index in [0.29, 0.717) is 10.8 Å². The highest BCUT2D eigenvalue weighted by Gasteiger charge is 2.36. The van der Waals surface area contributed by atoms with Gasteiger partial charge >= 0.3 is 0 Å². The van der Waals surface area contributed by atoms with E-state index < -0.39 is 0 Å². The molecule has 19 heavy (non-hydrogen) atoms. The molecule has 0 saturated heterocycles. The number of rotatable bonds is 2. The summed E-state index contributed by atoms with van der Waals surface area (Å²) >= 11 is 0. The fourth-order valence-corrected chi connectivity index (χ4v) is 5.28. The van der Waals surface area contributed by atoms with Crippen LogP contribution in [0.3, 0.4) is 0 Å². The largest absolute Gasteiger partial charge is 0.311 e. The molecule has 0 aromatic carbocycles. The first kappa shape index (κ1) is 15.4. The molecule has 0 spiro atoms. The maximum atomic E-state index is 4.03. The summed E-state index contributed by atoms with van der Waals surface area (Å²) in [6.07, 6.45) is 8.30. The van der Waals surface area contributed by atoms with Crippen molar-refractivity contribution in [2.45, 2.75) is 92.2 Å². The number of hydrogen-bond donors (Lipinski definition) is 1. The molecule has 0 aromatic heterocycles. The highest BCUT2D eigenvalue weighted by molar-refractivity contribution is 4.92. The second kappa shape index (κ2) is 5.39. The average Bonchev–Trinajstić information content (AvgIpc) is 2.08. The van der Waals surface area contributed by atoms with E-state index in [9.17, 15) is 0 Å². The highest BCUT2D eigenvalue weighted by Crippen LogP contribution is 2.41. The molecule has 0 unspecified atom stereocenters. The fraction of sp³-hybridized carbons (Fsp3) is 1.00. The molecule has 0 amide bonds. The minimum Gasteiger partial charge on any atom is -0.311 e. The molecule has 0 bridgehead atoms. The summed E-state index contributed by atoms with van der Waals surface area (Å²) < 4.78 is 0. The average molecular weight is 265 g/mol. The Morgan fingerprint density at radius 2 is 1.05 bits per heavy atom. The van der Waals surface area contributed by atoms with Gasteiger partial charge in [0.25, 0.3) is 0 Å². The van der Waals surface area contributed by atoms with Crippen LogP contribution in [0.25, 0.3) is 0 Å². The van der Waals surface area contributed by atoms with Crippen LogP contribution >= 0.6 is 0 Å². The third kappa shape index (κ3) is 4.48. The first-order valence-corrected chi connectivity index (χ1v) is 8.41. The maximum Gasteiger partial charge on any atom is 0.00772 e. The van der Waals surface area contributed by atoms with Crippen LogP contribution in [0.5, 0.6) is 0 Å². The predicted octanol–water partition coefficient (Wildman–Crippen LogP) is 5.01. The van der Waals surface area contributed by atoms with Gasteiger partial charge in [0.05, 0.1) is 0 Å². The van der Waals surface area contributed by atoms with E-state index in [1.807, 2.05) is 0 Å². The fourth-order valence-electron chi connectivity index (χ4n) is 5.28. The Morgan fingerprint density at radius 1 is 0.684 bits per heavy atom. The van der Waals surface area contributed by atoms with Crippen LogP contribution in [0.4, 0.5) is 0 Å². The zero-order chi connectivity index (χ0) is 14.3. The lowest BCUT2D eigenvalue weighted by molar-refractivity contribution is 0.106. The molecule has 0 heterocycles. The maximum absolute atomic E-state index is 4.03. The van der Waals surface area contributed by atoms with Crippen molar-refractivity contribution in [2.24, 2.45) is 22.7 Å². The van der Waals surface area contributed by atoms with Gasteiger partial charge in [0, 0.05) is 12.1 Å². The second-order valence-corrected chi connectivity index (χ2v) is 9.39.